The molecular weight excluding hydrogens is 361 g/mol. The fourth-order valence-corrected chi connectivity index (χ4v) is 2.26. The van der Waals surface area contributed by atoms with Crippen LogP contribution in [0.15, 0.2) is 23.0 Å². The van der Waals surface area contributed by atoms with Crippen LogP contribution in [-0.2, 0) is 6.54 Å². The number of aromatic amines is 1. The number of hydrogen-bond acceptors (Lipinski definition) is 5. The monoisotopic (exact) mass is 383 g/mol. The molecule has 0 saturated heterocycles. The fourth-order valence-electron chi connectivity index (χ4n) is 1.94. The molecule has 2 aromatic rings. The van der Waals surface area contributed by atoms with Gasteiger partial charge in [-0.2, -0.15) is 0 Å². The third-order valence-corrected chi connectivity index (χ3v) is 3.82. The second-order valence-corrected chi connectivity index (χ2v) is 5.66. The van der Waals surface area contributed by atoms with Crippen LogP contribution in [0.5, 0.6) is 0 Å². The van der Waals surface area contributed by atoms with E-state index in [4.69, 9.17) is 28.6 Å². The van der Waals surface area contributed by atoms with E-state index in [1.165, 1.54) is 0 Å². The van der Waals surface area contributed by atoms with Gasteiger partial charge in [-0.1, -0.05) is 50.0 Å². The summed E-state index contributed by atoms with van der Waals surface area (Å²) in [5.74, 6) is 0.293. The van der Waals surface area contributed by atoms with Crippen LogP contribution >= 0.6 is 23.2 Å². The standard InChI is InChI=1S/C15H17Cl2N5O.C2H6/c1-2-5-19-13-12(7-18)21-15(22-14(13)23)20-8-9-3-4-10(16)11(17)6-9;1-2/h3-4,6-7,18-19H,2,5,8H2,1H3,(H2,20,21,22,23);1-2H3. The first-order chi connectivity index (χ1) is 12.0. The summed E-state index contributed by atoms with van der Waals surface area (Å²) in [5, 5.41) is 14.4. The Hall–Kier alpha value is -2.05. The van der Waals surface area contributed by atoms with Crippen LogP contribution in [-0.4, -0.2) is 22.7 Å². The van der Waals surface area contributed by atoms with Crippen molar-refractivity contribution in [1.29, 1.82) is 5.41 Å². The maximum absolute atomic E-state index is 12.1. The number of hydrogen-bond donors (Lipinski definition) is 4. The third kappa shape index (κ3) is 6.07. The molecule has 0 spiro atoms. The van der Waals surface area contributed by atoms with Gasteiger partial charge in [-0.05, 0) is 24.1 Å². The fraction of sp³-hybridized carbons (Fsp3) is 0.353. The first kappa shape index (κ1) is 21.0. The maximum Gasteiger partial charge on any atom is 0.276 e. The Morgan fingerprint density at radius 2 is 1.96 bits per heavy atom. The van der Waals surface area contributed by atoms with E-state index < -0.39 is 0 Å². The number of anilines is 2. The molecule has 0 fully saturated rings. The zero-order valence-electron chi connectivity index (χ0n) is 14.5. The van der Waals surface area contributed by atoms with E-state index in [0.29, 0.717) is 40.5 Å². The molecule has 8 heteroatoms. The van der Waals surface area contributed by atoms with Crippen molar-refractivity contribution >= 4 is 41.1 Å². The number of rotatable bonds is 7. The Bertz CT molecular complexity index is 761. The van der Waals surface area contributed by atoms with Crippen molar-refractivity contribution in [3.05, 3.63) is 49.9 Å². The normalized spacial score (nSPS) is 9.80. The molecule has 6 nitrogen and oxygen atoms in total. The number of aromatic nitrogens is 2. The van der Waals surface area contributed by atoms with Gasteiger partial charge in [0.15, 0.2) is 0 Å². The average Bonchev–Trinajstić information content (AvgIpc) is 2.63. The van der Waals surface area contributed by atoms with Gasteiger partial charge < -0.3 is 16.0 Å². The maximum atomic E-state index is 12.1. The first-order valence-corrected chi connectivity index (χ1v) is 8.87. The number of nitrogens with zero attached hydrogens (tertiary/aromatic N) is 1. The molecule has 0 saturated carbocycles. The Morgan fingerprint density at radius 1 is 1.24 bits per heavy atom. The molecule has 0 aliphatic heterocycles. The van der Waals surface area contributed by atoms with Crippen LogP contribution in [0.2, 0.25) is 10.0 Å². The number of benzene rings is 1. The highest BCUT2D eigenvalue weighted by molar-refractivity contribution is 6.42. The Kier molecular flexibility index (Phi) is 9.02. The SMILES string of the molecule is CC.CCCNc1c(C=N)nc(NCc2ccc(Cl)c(Cl)c2)[nH]c1=O. The van der Waals surface area contributed by atoms with Crippen LogP contribution in [0.4, 0.5) is 11.6 Å². The average molecular weight is 384 g/mol. The lowest BCUT2D eigenvalue weighted by Crippen LogP contribution is -2.21. The van der Waals surface area contributed by atoms with Gasteiger partial charge in [0.25, 0.3) is 5.56 Å². The summed E-state index contributed by atoms with van der Waals surface area (Å²) in [6.07, 6.45) is 1.92. The minimum Gasteiger partial charge on any atom is -0.379 e. The number of halogens is 2. The van der Waals surface area contributed by atoms with Gasteiger partial charge in [-0.25, -0.2) is 4.98 Å². The number of nitrogens with one attached hydrogen (secondary N) is 4. The Morgan fingerprint density at radius 3 is 2.56 bits per heavy atom. The third-order valence-electron chi connectivity index (χ3n) is 3.08. The van der Waals surface area contributed by atoms with Crippen molar-refractivity contribution in [3.63, 3.8) is 0 Å². The molecule has 0 aliphatic carbocycles. The van der Waals surface area contributed by atoms with Crippen LogP contribution in [0.25, 0.3) is 0 Å². The van der Waals surface area contributed by atoms with Gasteiger partial charge in [0, 0.05) is 19.3 Å². The lowest BCUT2D eigenvalue weighted by molar-refractivity contribution is 0.961. The van der Waals surface area contributed by atoms with E-state index in [2.05, 4.69) is 20.6 Å². The molecular formula is C17H23Cl2N5O. The largest absolute Gasteiger partial charge is 0.379 e. The summed E-state index contributed by atoms with van der Waals surface area (Å²) in [7, 11) is 0. The molecule has 0 radical (unpaired) electrons. The minimum atomic E-state index is -0.316. The quantitative estimate of drug-likeness (QED) is 0.528. The van der Waals surface area contributed by atoms with Crippen molar-refractivity contribution in [1.82, 2.24) is 9.97 Å². The van der Waals surface area contributed by atoms with E-state index in [0.717, 1.165) is 18.2 Å². The molecule has 0 bridgehead atoms. The van der Waals surface area contributed by atoms with Gasteiger partial charge in [-0.15, -0.1) is 0 Å². The molecule has 0 aliphatic rings. The van der Waals surface area contributed by atoms with Gasteiger partial charge in [0.1, 0.15) is 11.4 Å². The Labute approximate surface area is 157 Å². The van der Waals surface area contributed by atoms with Gasteiger partial charge in [0.05, 0.1) is 10.0 Å². The van der Waals surface area contributed by atoms with E-state index in [-0.39, 0.29) is 5.56 Å². The van der Waals surface area contributed by atoms with E-state index >= 15 is 0 Å². The molecule has 136 valence electrons. The predicted molar refractivity (Wildman–Crippen MR) is 107 cm³/mol. The van der Waals surface area contributed by atoms with Gasteiger partial charge >= 0.3 is 0 Å². The highest BCUT2D eigenvalue weighted by Gasteiger charge is 2.09. The predicted octanol–water partition coefficient (Wildman–Crippen LogP) is 4.53. The second kappa shape index (κ2) is 10.7. The van der Waals surface area contributed by atoms with Gasteiger partial charge in [0.2, 0.25) is 5.95 Å². The summed E-state index contributed by atoms with van der Waals surface area (Å²) in [4.78, 5) is 19.0. The van der Waals surface area contributed by atoms with Crippen molar-refractivity contribution in [2.75, 3.05) is 17.2 Å². The summed E-state index contributed by atoms with van der Waals surface area (Å²) >= 11 is 11.8. The highest BCUT2D eigenvalue weighted by atomic mass is 35.5. The van der Waals surface area contributed by atoms with Crippen molar-refractivity contribution in [2.45, 2.75) is 33.7 Å². The van der Waals surface area contributed by atoms with E-state index in [9.17, 15) is 4.79 Å². The smallest absolute Gasteiger partial charge is 0.276 e. The molecule has 1 aromatic heterocycles. The molecule has 2 rings (SSSR count). The van der Waals surface area contributed by atoms with Crippen LogP contribution in [0.1, 0.15) is 38.4 Å². The first-order valence-electron chi connectivity index (χ1n) is 8.11. The lowest BCUT2D eigenvalue weighted by atomic mass is 10.2. The summed E-state index contributed by atoms with van der Waals surface area (Å²) in [5.41, 5.74) is 1.18. The molecule has 4 N–H and O–H groups in total. The summed E-state index contributed by atoms with van der Waals surface area (Å²) < 4.78 is 0. The topological polar surface area (TPSA) is 93.7 Å². The van der Waals surface area contributed by atoms with Crippen molar-refractivity contribution < 1.29 is 0 Å². The minimum absolute atomic E-state index is 0.291. The lowest BCUT2D eigenvalue weighted by Gasteiger charge is -2.10. The zero-order valence-corrected chi connectivity index (χ0v) is 16.1. The second-order valence-electron chi connectivity index (χ2n) is 4.85. The Balaban J connectivity index is 0.00000151. The number of H-pyrrole nitrogens is 1. The van der Waals surface area contributed by atoms with Crippen molar-refractivity contribution in [2.24, 2.45) is 0 Å². The molecule has 0 atom stereocenters. The highest BCUT2D eigenvalue weighted by Crippen LogP contribution is 2.22. The molecule has 0 amide bonds. The van der Waals surface area contributed by atoms with E-state index in [1.807, 2.05) is 26.8 Å². The summed E-state index contributed by atoms with van der Waals surface area (Å²) in [6, 6.07) is 5.27. The van der Waals surface area contributed by atoms with Gasteiger partial charge in [-0.3, -0.25) is 9.78 Å². The van der Waals surface area contributed by atoms with Crippen molar-refractivity contribution in [3.8, 4) is 0 Å². The molecule has 0 unspecified atom stereocenters. The molecule has 25 heavy (non-hydrogen) atoms. The van der Waals surface area contributed by atoms with E-state index in [1.54, 1.807) is 12.1 Å². The van der Waals surface area contributed by atoms with Crippen LogP contribution < -0.4 is 16.2 Å². The molecule has 1 heterocycles. The summed E-state index contributed by atoms with van der Waals surface area (Å²) in [6.45, 7) is 7.05. The molecule has 1 aromatic carbocycles. The zero-order chi connectivity index (χ0) is 18.8. The van der Waals surface area contributed by atoms with Crippen LogP contribution in [0.3, 0.4) is 0 Å². The van der Waals surface area contributed by atoms with Crippen LogP contribution in [0, 0.1) is 5.41 Å².